The Morgan fingerprint density at radius 3 is 2.55 bits per heavy atom. The molecule has 102 valence electrons. The van der Waals surface area contributed by atoms with Gasteiger partial charge in [-0.25, -0.2) is 9.97 Å². The van der Waals surface area contributed by atoms with E-state index in [1.807, 2.05) is 31.1 Å². The molecule has 4 heteroatoms. The number of rotatable bonds is 2. The summed E-state index contributed by atoms with van der Waals surface area (Å²) in [6.45, 7) is 4.24. The molecule has 0 unspecified atom stereocenters. The summed E-state index contributed by atoms with van der Waals surface area (Å²) in [5.74, 6) is 1.79. The second-order valence-corrected chi connectivity index (χ2v) is 5.27. The van der Waals surface area contributed by atoms with Crippen molar-refractivity contribution in [2.75, 3.05) is 19.0 Å². The fourth-order valence-electron chi connectivity index (χ4n) is 2.27. The highest BCUT2D eigenvalue weighted by atomic mass is 15.1. The molecule has 2 heterocycles. The number of nitrogens with one attached hydrogen (secondary N) is 1. The van der Waals surface area contributed by atoms with Crippen molar-refractivity contribution in [3.63, 3.8) is 0 Å². The molecule has 20 heavy (non-hydrogen) atoms. The van der Waals surface area contributed by atoms with Crippen molar-refractivity contribution in [1.29, 1.82) is 0 Å². The van der Waals surface area contributed by atoms with Crippen LogP contribution in [-0.2, 0) is 0 Å². The molecule has 1 aromatic carbocycles. The van der Waals surface area contributed by atoms with Crippen LogP contribution in [0.4, 0.5) is 5.82 Å². The third-order valence-corrected chi connectivity index (χ3v) is 3.65. The molecule has 0 saturated carbocycles. The lowest BCUT2D eigenvalue weighted by Gasteiger charge is -2.09. The predicted octanol–water partition coefficient (Wildman–Crippen LogP) is 3.31. The van der Waals surface area contributed by atoms with Gasteiger partial charge < -0.3 is 9.88 Å². The van der Waals surface area contributed by atoms with Crippen LogP contribution in [0.1, 0.15) is 11.1 Å². The third kappa shape index (κ3) is 2.03. The molecular formula is C16H18N4. The number of anilines is 1. The lowest BCUT2D eigenvalue weighted by molar-refractivity contribution is 1.08. The van der Waals surface area contributed by atoms with Gasteiger partial charge in [-0.1, -0.05) is 18.2 Å². The molecule has 0 aliphatic rings. The van der Waals surface area contributed by atoms with Crippen LogP contribution in [0, 0.1) is 13.8 Å². The standard InChI is InChI=1S/C16H18N4/c1-10-6-5-7-12(11(10)2)15-17-13-8-9-14(20(3)4)18-16(13)19-15/h5-9H,1-4H3,(H,17,18,19). The van der Waals surface area contributed by atoms with E-state index in [2.05, 4.69) is 47.0 Å². The average Bonchev–Trinajstić information content (AvgIpc) is 2.84. The maximum absolute atomic E-state index is 4.63. The topological polar surface area (TPSA) is 44.8 Å². The number of aromatic amines is 1. The highest BCUT2D eigenvalue weighted by Crippen LogP contribution is 2.25. The molecule has 0 radical (unpaired) electrons. The Kier molecular flexibility index (Phi) is 2.93. The molecule has 0 aliphatic heterocycles. The molecule has 3 aromatic rings. The molecule has 0 fully saturated rings. The minimum atomic E-state index is 0.757. The largest absolute Gasteiger partial charge is 0.363 e. The Hall–Kier alpha value is -2.36. The van der Waals surface area contributed by atoms with Crippen LogP contribution in [0.3, 0.4) is 0 Å². The van der Waals surface area contributed by atoms with E-state index in [4.69, 9.17) is 0 Å². The van der Waals surface area contributed by atoms with Crippen LogP contribution in [0.5, 0.6) is 0 Å². The SMILES string of the molecule is Cc1cccc(-c2nc3nc(N(C)C)ccc3[nH]2)c1C. The zero-order valence-corrected chi connectivity index (χ0v) is 12.2. The lowest BCUT2D eigenvalue weighted by Crippen LogP contribution is -2.10. The molecule has 0 saturated heterocycles. The van der Waals surface area contributed by atoms with Crippen LogP contribution in [0.2, 0.25) is 0 Å². The Balaban J connectivity index is 2.15. The van der Waals surface area contributed by atoms with Crippen molar-refractivity contribution in [2.45, 2.75) is 13.8 Å². The number of pyridine rings is 1. The Morgan fingerprint density at radius 2 is 1.80 bits per heavy atom. The smallest absolute Gasteiger partial charge is 0.180 e. The summed E-state index contributed by atoms with van der Waals surface area (Å²) in [7, 11) is 3.96. The monoisotopic (exact) mass is 266 g/mol. The summed E-state index contributed by atoms with van der Waals surface area (Å²) < 4.78 is 0. The number of H-pyrrole nitrogens is 1. The van der Waals surface area contributed by atoms with Crippen molar-refractivity contribution >= 4 is 17.0 Å². The Morgan fingerprint density at radius 1 is 1.00 bits per heavy atom. The second kappa shape index (κ2) is 4.63. The van der Waals surface area contributed by atoms with Gasteiger partial charge in [-0.15, -0.1) is 0 Å². The van der Waals surface area contributed by atoms with Crippen LogP contribution in [0.15, 0.2) is 30.3 Å². The van der Waals surface area contributed by atoms with Crippen LogP contribution in [-0.4, -0.2) is 29.0 Å². The zero-order valence-electron chi connectivity index (χ0n) is 12.2. The van der Waals surface area contributed by atoms with Gasteiger partial charge in [0.15, 0.2) is 5.65 Å². The van der Waals surface area contributed by atoms with E-state index in [-0.39, 0.29) is 0 Å². The first-order chi connectivity index (χ1) is 9.56. The van der Waals surface area contributed by atoms with E-state index in [0.717, 1.165) is 28.4 Å². The molecule has 2 aromatic heterocycles. The van der Waals surface area contributed by atoms with E-state index in [9.17, 15) is 0 Å². The lowest BCUT2D eigenvalue weighted by atomic mass is 10.0. The van der Waals surface area contributed by atoms with Crippen molar-refractivity contribution in [3.05, 3.63) is 41.5 Å². The summed E-state index contributed by atoms with van der Waals surface area (Å²) >= 11 is 0. The van der Waals surface area contributed by atoms with Gasteiger partial charge in [-0.05, 0) is 37.1 Å². The van der Waals surface area contributed by atoms with Crippen molar-refractivity contribution in [2.24, 2.45) is 0 Å². The van der Waals surface area contributed by atoms with E-state index in [1.54, 1.807) is 0 Å². The molecule has 1 N–H and O–H groups in total. The molecule has 0 aliphatic carbocycles. The molecule has 3 rings (SSSR count). The number of hydrogen-bond acceptors (Lipinski definition) is 3. The summed E-state index contributed by atoms with van der Waals surface area (Å²) in [5, 5.41) is 0. The molecule has 0 atom stereocenters. The Labute approximate surface area is 118 Å². The quantitative estimate of drug-likeness (QED) is 0.774. The van der Waals surface area contributed by atoms with Gasteiger partial charge in [0.1, 0.15) is 11.6 Å². The van der Waals surface area contributed by atoms with Gasteiger partial charge in [-0.3, -0.25) is 0 Å². The van der Waals surface area contributed by atoms with Crippen molar-refractivity contribution in [3.8, 4) is 11.4 Å². The van der Waals surface area contributed by atoms with Crippen molar-refractivity contribution < 1.29 is 0 Å². The molecule has 4 nitrogen and oxygen atoms in total. The highest BCUT2D eigenvalue weighted by molar-refractivity contribution is 5.78. The van der Waals surface area contributed by atoms with E-state index < -0.39 is 0 Å². The molecule has 0 spiro atoms. The number of imidazole rings is 1. The van der Waals surface area contributed by atoms with E-state index in [0.29, 0.717) is 0 Å². The fraction of sp³-hybridized carbons (Fsp3) is 0.250. The molecule has 0 amide bonds. The maximum Gasteiger partial charge on any atom is 0.180 e. The minimum Gasteiger partial charge on any atom is -0.363 e. The van der Waals surface area contributed by atoms with E-state index >= 15 is 0 Å². The number of aromatic nitrogens is 3. The van der Waals surface area contributed by atoms with Crippen LogP contribution < -0.4 is 4.90 Å². The average molecular weight is 266 g/mol. The predicted molar refractivity (Wildman–Crippen MR) is 83.1 cm³/mol. The number of aryl methyl sites for hydroxylation is 1. The Bertz CT molecular complexity index is 771. The molecular weight excluding hydrogens is 248 g/mol. The second-order valence-electron chi connectivity index (χ2n) is 5.27. The van der Waals surface area contributed by atoms with Gasteiger partial charge in [0, 0.05) is 19.7 Å². The number of benzene rings is 1. The van der Waals surface area contributed by atoms with Gasteiger partial charge in [0.2, 0.25) is 0 Å². The summed E-state index contributed by atoms with van der Waals surface area (Å²) in [6.07, 6.45) is 0. The normalized spacial score (nSPS) is 11.0. The summed E-state index contributed by atoms with van der Waals surface area (Å²) in [5.41, 5.74) is 5.37. The first kappa shape index (κ1) is 12.7. The van der Waals surface area contributed by atoms with Crippen LogP contribution in [0.25, 0.3) is 22.6 Å². The first-order valence-electron chi connectivity index (χ1n) is 6.67. The number of hydrogen-bond donors (Lipinski definition) is 1. The summed E-state index contributed by atoms with van der Waals surface area (Å²) in [6, 6.07) is 10.3. The number of nitrogens with zero attached hydrogens (tertiary/aromatic N) is 3. The highest BCUT2D eigenvalue weighted by Gasteiger charge is 2.10. The molecule has 0 bridgehead atoms. The zero-order chi connectivity index (χ0) is 14.3. The van der Waals surface area contributed by atoms with Gasteiger partial charge >= 0.3 is 0 Å². The fourth-order valence-corrected chi connectivity index (χ4v) is 2.27. The maximum atomic E-state index is 4.63. The summed E-state index contributed by atoms with van der Waals surface area (Å²) in [4.78, 5) is 14.5. The van der Waals surface area contributed by atoms with Crippen LogP contribution >= 0.6 is 0 Å². The van der Waals surface area contributed by atoms with Gasteiger partial charge in [0.25, 0.3) is 0 Å². The van der Waals surface area contributed by atoms with Crippen molar-refractivity contribution in [1.82, 2.24) is 15.0 Å². The van der Waals surface area contributed by atoms with E-state index in [1.165, 1.54) is 11.1 Å². The van der Waals surface area contributed by atoms with Gasteiger partial charge in [-0.2, -0.15) is 0 Å². The minimum absolute atomic E-state index is 0.757. The van der Waals surface area contributed by atoms with Gasteiger partial charge in [0.05, 0.1) is 5.52 Å². The third-order valence-electron chi connectivity index (χ3n) is 3.65. The number of fused-ring (bicyclic) bond motifs is 1. The first-order valence-corrected chi connectivity index (χ1v) is 6.67.